The van der Waals surface area contributed by atoms with Gasteiger partial charge < -0.3 is 10.4 Å². The Morgan fingerprint density at radius 2 is 2.00 bits per heavy atom. The number of likely N-dealkylation sites (N-methyl/N-ethyl adjacent to an activating group) is 1. The molecule has 2 aromatic rings. The Morgan fingerprint density at radius 1 is 1.31 bits per heavy atom. The normalized spacial score (nSPS) is 18.0. The monoisotopic (exact) mass is 421 g/mol. The Balaban J connectivity index is 1.87. The first-order valence-electron chi connectivity index (χ1n) is 9.13. The Bertz CT molecular complexity index is 950. The van der Waals surface area contributed by atoms with Crippen molar-refractivity contribution in [1.82, 2.24) is 24.1 Å². The Labute approximate surface area is 172 Å². The zero-order valence-electron chi connectivity index (χ0n) is 16.6. The maximum atomic E-state index is 13.0. The number of halogens is 1. The summed E-state index contributed by atoms with van der Waals surface area (Å²) in [5.41, 5.74) is -0.289. The van der Waals surface area contributed by atoms with Crippen LogP contribution in [0.25, 0.3) is 0 Å². The molecular formula is C19H24FN5O3S. The second-order valence-corrected chi connectivity index (χ2v) is 7.79. The van der Waals surface area contributed by atoms with Crippen molar-refractivity contribution in [2.24, 2.45) is 7.05 Å². The summed E-state index contributed by atoms with van der Waals surface area (Å²) in [7, 11) is 3.48. The largest absolute Gasteiger partial charge is 0.501 e. The third kappa shape index (κ3) is 4.60. The number of hydrogen-bond donors (Lipinski definition) is 2. The lowest BCUT2D eigenvalue weighted by Gasteiger charge is -2.38. The van der Waals surface area contributed by atoms with Gasteiger partial charge in [-0.15, -0.1) is 0 Å². The quantitative estimate of drug-likeness (QED) is 0.699. The fourth-order valence-electron chi connectivity index (χ4n) is 3.22. The minimum Gasteiger partial charge on any atom is -0.501 e. The molecule has 29 heavy (non-hydrogen) atoms. The van der Waals surface area contributed by atoms with Crippen LogP contribution >= 0.6 is 11.9 Å². The standard InChI is InChI=1S/C19H24FN5O3S/c1-23-8-9-25(29-3)11-14(23)17-22-15(16(26)19(28)24(17)2)18(27)21-10-12-4-6-13(20)7-5-12/h4-7,14,26H,8-11H2,1-3H3,(H,21,27). The van der Waals surface area contributed by atoms with Crippen LogP contribution < -0.4 is 10.9 Å². The molecule has 3 rings (SSSR count). The van der Waals surface area contributed by atoms with Crippen molar-refractivity contribution in [3.63, 3.8) is 0 Å². The SMILES string of the molecule is CSN1CCN(C)C(c2nc(C(=O)NCc3ccc(F)cc3)c(O)c(=O)n2C)C1. The van der Waals surface area contributed by atoms with Crippen molar-refractivity contribution in [2.75, 3.05) is 32.9 Å². The maximum Gasteiger partial charge on any atom is 0.296 e. The van der Waals surface area contributed by atoms with Crippen LogP contribution in [0.5, 0.6) is 5.75 Å². The summed E-state index contributed by atoms with van der Waals surface area (Å²) in [6.07, 6.45) is 1.99. The number of nitrogens with zero attached hydrogens (tertiary/aromatic N) is 4. The van der Waals surface area contributed by atoms with Crippen LogP contribution in [0.15, 0.2) is 29.1 Å². The first-order valence-corrected chi connectivity index (χ1v) is 10.3. The number of aromatic nitrogens is 2. The minimum absolute atomic E-state index is 0.119. The predicted octanol–water partition coefficient (Wildman–Crippen LogP) is 1.12. The van der Waals surface area contributed by atoms with E-state index >= 15 is 0 Å². The second-order valence-electron chi connectivity index (χ2n) is 6.91. The zero-order chi connectivity index (χ0) is 21.1. The number of hydrogen-bond acceptors (Lipinski definition) is 7. The Hall–Kier alpha value is -2.43. The summed E-state index contributed by atoms with van der Waals surface area (Å²) in [6, 6.07) is 5.49. The van der Waals surface area contributed by atoms with E-state index in [9.17, 15) is 19.1 Å². The molecule has 1 unspecified atom stereocenters. The minimum atomic E-state index is -0.687. The van der Waals surface area contributed by atoms with E-state index in [-0.39, 0.29) is 24.1 Å². The number of piperazine rings is 1. The summed E-state index contributed by atoms with van der Waals surface area (Å²) in [5.74, 6) is -1.30. The van der Waals surface area contributed by atoms with Gasteiger partial charge in [0.05, 0.1) is 6.04 Å². The van der Waals surface area contributed by atoms with Crippen LogP contribution in [0.1, 0.15) is 27.9 Å². The lowest BCUT2D eigenvalue weighted by atomic mass is 10.1. The highest BCUT2D eigenvalue weighted by Gasteiger charge is 2.31. The molecule has 1 aliphatic heterocycles. The first kappa shape index (κ1) is 21.3. The molecule has 1 aliphatic rings. The molecule has 0 aliphatic carbocycles. The summed E-state index contributed by atoms with van der Waals surface area (Å²) < 4.78 is 16.5. The highest BCUT2D eigenvalue weighted by atomic mass is 32.2. The number of benzene rings is 1. The smallest absolute Gasteiger partial charge is 0.296 e. The van der Waals surface area contributed by atoms with Crippen molar-refractivity contribution in [1.29, 1.82) is 0 Å². The molecule has 0 bridgehead atoms. The molecule has 1 fully saturated rings. The lowest BCUT2D eigenvalue weighted by molar-refractivity contribution is 0.0939. The van der Waals surface area contributed by atoms with Gasteiger partial charge in [0.15, 0.2) is 5.69 Å². The molecule has 1 aromatic carbocycles. The number of amides is 1. The van der Waals surface area contributed by atoms with Gasteiger partial charge in [0.2, 0.25) is 5.75 Å². The molecule has 0 spiro atoms. The first-order chi connectivity index (χ1) is 13.8. The van der Waals surface area contributed by atoms with E-state index in [1.807, 2.05) is 13.3 Å². The molecule has 8 nitrogen and oxygen atoms in total. The average molecular weight is 421 g/mol. The topological polar surface area (TPSA) is 90.7 Å². The van der Waals surface area contributed by atoms with Crippen molar-refractivity contribution in [3.05, 3.63) is 57.5 Å². The van der Waals surface area contributed by atoms with E-state index in [0.717, 1.165) is 13.1 Å². The molecular weight excluding hydrogens is 397 g/mol. The van der Waals surface area contributed by atoms with Crippen LogP contribution in [0.4, 0.5) is 4.39 Å². The van der Waals surface area contributed by atoms with Gasteiger partial charge >= 0.3 is 0 Å². The number of aromatic hydroxyl groups is 1. The zero-order valence-corrected chi connectivity index (χ0v) is 17.4. The third-order valence-electron chi connectivity index (χ3n) is 5.05. The molecule has 156 valence electrons. The molecule has 1 saturated heterocycles. The summed E-state index contributed by atoms with van der Waals surface area (Å²) in [4.78, 5) is 31.6. The van der Waals surface area contributed by atoms with Gasteiger partial charge in [0.25, 0.3) is 11.5 Å². The van der Waals surface area contributed by atoms with Gasteiger partial charge in [-0.3, -0.25) is 19.1 Å². The molecule has 10 heteroatoms. The molecule has 0 saturated carbocycles. The van der Waals surface area contributed by atoms with E-state index in [1.54, 1.807) is 24.1 Å². The number of carbonyl (C=O) groups is 1. The van der Waals surface area contributed by atoms with Crippen molar-refractivity contribution in [3.8, 4) is 5.75 Å². The summed E-state index contributed by atoms with van der Waals surface area (Å²) in [6.45, 7) is 2.42. The molecule has 1 aromatic heterocycles. The third-order valence-corrected chi connectivity index (χ3v) is 5.90. The van der Waals surface area contributed by atoms with Crippen LogP contribution in [0.3, 0.4) is 0 Å². The maximum absolute atomic E-state index is 13.0. The molecule has 1 amide bonds. The highest BCUT2D eigenvalue weighted by Crippen LogP contribution is 2.26. The van der Waals surface area contributed by atoms with Gasteiger partial charge in [0.1, 0.15) is 11.6 Å². The number of rotatable bonds is 5. The van der Waals surface area contributed by atoms with Crippen LogP contribution in [0, 0.1) is 5.82 Å². The van der Waals surface area contributed by atoms with Crippen molar-refractivity contribution < 1.29 is 14.3 Å². The molecule has 0 radical (unpaired) electrons. The van der Waals surface area contributed by atoms with Gasteiger partial charge in [-0.25, -0.2) is 13.7 Å². The predicted molar refractivity (Wildman–Crippen MR) is 109 cm³/mol. The van der Waals surface area contributed by atoms with E-state index in [1.165, 1.54) is 23.7 Å². The fourth-order valence-corrected chi connectivity index (χ4v) is 3.78. The fraction of sp³-hybridized carbons (Fsp3) is 0.421. The lowest BCUT2D eigenvalue weighted by Crippen LogP contribution is -2.46. The van der Waals surface area contributed by atoms with Crippen molar-refractivity contribution in [2.45, 2.75) is 12.6 Å². The summed E-state index contributed by atoms with van der Waals surface area (Å²) >= 11 is 1.61. The van der Waals surface area contributed by atoms with Crippen LogP contribution in [-0.4, -0.2) is 62.7 Å². The van der Waals surface area contributed by atoms with Crippen LogP contribution in [0.2, 0.25) is 0 Å². The van der Waals surface area contributed by atoms with E-state index < -0.39 is 17.2 Å². The molecule has 2 heterocycles. The average Bonchev–Trinajstić information content (AvgIpc) is 2.72. The van der Waals surface area contributed by atoms with E-state index in [0.29, 0.717) is 17.9 Å². The second kappa shape index (κ2) is 8.93. The number of nitrogens with one attached hydrogen (secondary N) is 1. The Kier molecular flexibility index (Phi) is 6.56. The van der Waals surface area contributed by atoms with E-state index in [2.05, 4.69) is 19.5 Å². The van der Waals surface area contributed by atoms with Gasteiger partial charge in [-0.2, -0.15) is 0 Å². The van der Waals surface area contributed by atoms with Gasteiger partial charge in [-0.05, 0) is 31.0 Å². The van der Waals surface area contributed by atoms with Crippen LogP contribution in [-0.2, 0) is 13.6 Å². The summed E-state index contributed by atoms with van der Waals surface area (Å²) in [5, 5.41) is 12.9. The highest BCUT2D eigenvalue weighted by molar-refractivity contribution is 7.96. The van der Waals surface area contributed by atoms with E-state index in [4.69, 9.17) is 0 Å². The van der Waals surface area contributed by atoms with Crippen molar-refractivity contribution >= 4 is 17.9 Å². The van der Waals surface area contributed by atoms with Gasteiger partial charge in [0, 0.05) is 33.2 Å². The Morgan fingerprint density at radius 3 is 2.66 bits per heavy atom. The number of carbonyl (C=O) groups excluding carboxylic acids is 1. The molecule has 2 N–H and O–H groups in total. The molecule has 1 atom stereocenters. The van der Waals surface area contributed by atoms with Gasteiger partial charge in [-0.1, -0.05) is 24.1 Å².